The molecule has 0 unspecified atom stereocenters. The maximum absolute atomic E-state index is 2.51. The molecule has 0 saturated carbocycles. The zero-order valence-corrected chi connectivity index (χ0v) is 35.8. The third-order valence-electron chi connectivity index (χ3n) is 14.0. The highest BCUT2D eigenvalue weighted by Crippen LogP contribution is 2.46. The molecule has 0 bridgehead atoms. The van der Waals surface area contributed by atoms with Crippen molar-refractivity contribution in [3.63, 3.8) is 0 Å². The van der Waals surface area contributed by atoms with Crippen molar-refractivity contribution in [2.45, 2.75) is 0 Å². The molecule has 5 aromatic heterocycles. The Morgan fingerprint density at radius 3 is 1.03 bits per heavy atom. The molecule has 10 aromatic carbocycles. The molecule has 0 N–H and O–H groups in total. The molecule has 15 rings (SSSR count). The van der Waals surface area contributed by atoms with Crippen LogP contribution < -0.4 is 0 Å². The molecule has 0 saturated heterocycles. The predicted molar refractivity (Wildman–Crippen MR) is 277 cm³/mol. The normalized spacial score (nSPS) is 12.3. The zero-order valence-electron chi connectivity index (χ0n) is 35.0. The van der Waals surface area contributed by atoms with E-state index in [2.05, 4.69) is 237 Å². The van der Waals surface area contributed by atoms with Crippen LogP contribution in [0.5, 0.6) is 0 Å². The molecule has 0 radical (unpaired) electrons. The Morgan fingerprint density at radius 2 is 0.569 bits per heavy atom. The number of nitrogens with zero attached hydrogens (tertiary/aromatic N) is 4. The van der Waals surface area contributed by atoms with Crippen LogP contribution in [0.2, 0.25) is 0 Å². The van der Waals surface area contributed by atoms with Gasteiger partial charge in [-0.3, -0.25) is 0 Å². The van der Waals surface area contributed by atoms with Crippen molar-refractivity contribution in [2.75, 3.05) is 0 Å². The molecule has 0 aliphatic rings. The van der Waals surface area contributed by atoms with Crippen molar-refractivity contribution in [3.8, 4) is 22.7 Å². The lowest BCUT2D eigenvalue weighted by Crippen LogP contribution is -1.99. The maximum Gasteiger partial charge on any atom is 0.0642 e. The van der Waals surface area contributed by atoms with Crippen molar-refractivity contribution < 1.29 is 0 Å². The predicted octanol–water partition coefficient (Wildman–Crippen LogP) is 16.4. The lowest BCUT2D eigenvalue weighted by molar-refractivity contribution is 1.16. The lowest BCUT2D eigenvalue weighted by Gasteiger charge is -2.15. The van der Waals surface area contributed by atoms with Gasteiger partial charge < -0.3 is 18.3 Å². The van der Waals surface area contributed by atoms with Crippen molar-refractivity contribution in [1.82, 2.24) is 18.3 Å². The van der Waals surface area contributed by atoms with Gasteiger partial charge in [0, 0.05) is 69.9 Å². The second kappa shape index (κ2) is 13.1. The van der Waals surface area contributed by atoms with Gasteiger partial charge >= 0.3 is 0 Å². The monoisotopic (exact) mass is 844 g/mol. The third kappa shape index (κ3) is 4.74. The number of thiophene rings is 1. The van der Waals surface area contributed by atoms with E-state index >= 15 is 0 Å². The molecule has 4 nitrogen and oxygen atoms in total. The van der Waals surface area contributed by atoms with E-state index in [-0.39, 0.29) is 0 Å². The Balaban J connectivity index is 0.960. The SMILES string of the molecule is c1ccc2c(c1)sc1c(-n3c4ccccc4c4cc(-n5c6ccccc6c6cc(-n7c8ccccc8c8ccccc87)ccc65)ccc43)ccc(-n3c4ccccc4c4ccccc43)c12. The molecule has 5 heteroatoms. The minimum Gasteiger partial charge on any atom is -0.309 e. The zero-order chi connectivity index (χ0) is 42.3. The number of hydrogen-bond acceptors (Lipinski definition) is 1. The summed E-state index contributed by atoms with van der Waals surface area (Å²) in [6, 6.07) is 80.6. The van der Waals surface area contributed by atoms with Crippen LogP contribution in [0, 0.1) is 0 Å². The molecule has 5 heterocycles. The van der Waals surface area contributed by atoms with Crippen molar-refractivity contribution in [3.05, 3.63) is 218 Å². The van der Waals surface area contributed by atoms with E-state index in [0.717, 1.165) is 11.4 Å². The van der Waals surface area contributed by atoms with Gasteiger partial charge in [-0.2, -0.15) is 0 Å². The molecular weight excluding hydrogens is 809 g/mol. The van der Waals surface area contributed by atoms with Crippen LogP contribution in [-0.4, -0.2) is 18.3 Å². The fourth-order valence-electron chi connectivity index (χ4n) is 11.3. The van der Waals surface area contributed by atoms with Crippen LogP contribution in [0.25, 0.3) is 130 Å². The first kappa shape index (κ1) is 35.1. The standard InChI is InChI=1S/C60H36N4S/c1-8-22-48-39(15-1)40-16-2-9-23-49(40)61(48)37-29-31-54-46(35-37)43-19-5-10-24-50(43)62(54)38-30-32-55-47(36-38)44-20-6-13-27-53(44)64(55)57-34-33-56(59-45-21-7-14-28-58(45)65-60(57)59)63-51-25-11-3-17-41(51)42-18-4-12-26-52(42)63/h1-36H. The van der Waals surface area contributed by atoms with Gasteiger partial charge in [0.25, 0.3) is 0 Å². The molecule has 0 spiro atoms. The Kier molecular flexibility index (Phi) is 7.07. The van der Waals surface area contributed by atoms with Gasteiger partial charge in [0.1, 0.15) is 0 Å². The summed E-state index contributed by atoms with van der Waals surface area (Å²) in [7, 11) is 0. The number of benzene rings is 10. The van der Waals surface area contributed by atoms with E-state index in [0.29, 0.717) is 0 Å². The summed E-state index contributed by atoms with van der Waals surface area (Å²) in [6.07, 6.45) is 0. The van der Waals surface area contributed by atoms with Gasteiger partial charge in [-0.15, -0.1) is 11.3 Å². The Hall–Kier alpha value is -8.38. The van der Waals surface area contributed by atoms with Crippen LogP contribution in [0.4, 0.5) is 0 Å². The summed E-state index contributed by atoms with van der Waals surface area (Å²) in [5.74, 6) is 0. The van der Waals surface area contributed by atoms with Crippen molar-refractivity contribution >= 4 is 119 Å². The van der Waals surface area contributed by atoms with E-state index in [1.807, 2.05) is 11.3 Å². The van der Waals surface area contributed by atoms with E-state index < -0.39 is 0 Å². The summed E-state index contributed by atoms with van der Waals surface area (Å²) in [5.41, 5.74) is 14.3. The smallest absolute Gasteiger partial charge is 0.0642 e. The molecule has 0 amide bonds. The Labute approximate surface area is 376 Å². The number of aromatic nitrogens is 4. The van der Waals surface area contributed by atoms with E-state index in [4.69, 9.17) is 0 Å². The van der Waals surface area contributed by atoms with Gasteiger partial charge in [0.15, 0.2) is 0 Å². The fraction of sp³-hybridized carbons (Fsp3) is 0. The van der Waals surface area contributed by atoms with E-state index in [1.165, 1.54) is 119 Å². The highest BCUT2D eigenvalue weighted by molar-refractivity contribution is 7.26. The van der Waals surface area contributed by atoms with Crippen LogP contribution in [0.1, 0.15) is 0 Å². The highest BCUT2D eigenvalue weighted by atomic mass is 32.1. The average molecular weight is 845 g/mol. The van der Waals surface area contributed by atoms with Gasteiger partial charge in [0.2, 0.25) is 0 Å². The van der Waals surface area contributed by atoms with E-state index in [9.17, 15) is 0 Å². The lowest BCUT2D eigenvalue weighted by atomic mass is 10.1. The number of fused-ring (bicyclic) bond motifs is 15. The fourth-order valence-corrected chi connectivity index (χ4v) is 12.5. The van der Waals surface area contributed by atoms with Crippen molar-refractivity contribution in [1.29, 1.82) is 0 Å². The Bertz CT molecular complexity index is 4380. The molecule has 0 aliphatic carbocycles. The molecule has 0 fully saturated rings. The molecule has 0 aliphatic heterocycles. The second-order valence-corrected chi connectivity index (χ2v) is 18.3. The third-order valence-corrected chi connectivity index (χ3v) is 15.1. The molecular formula is C60H36N4S. The quantitative estimate of drug-likeness (QED) is 0.168. The molecule has 65 heavy (non-hydrogen) atoms. The van der Waals surface area contributed by atoms with Crippen LogP contribution in [0.15, 0.2) is 218 Å². The summed E-state index contributed by atoms with van der Waals surface area (Å²) >= 11 is 1.89. The summed E-state index contributed by atoms with van der Waals surface area (Å²) in [4.78, 5) is 0. The molecule has 302 valence electrons. The topological polar surface area (TPSA) is 19.7 Å². The van der Waals surface area contributed by atoms with Crippen LogP contribution >= 0.6 is 11.3 Å². The van der Waals surface area contributed by atoms with Gasteiger partial charge in [-0.05, 0) is 91.0 Å². The first-order valence-corrected chi connectivity index (χ1v) is 23.1. The summed E-state index contributed by atoms with van der Waals surface area (Å²) in [5, 5.41) is 12.6. The number of rotatable bonds is 4. The summed E-state index contributed by atoms with van der Waals surface area (Å²) in [6.45, 7) is 0. The molecule has 15 aromatic rings. The van der Waals surface area contributed by atoms with E-state index in [1.54, 1.807) is 0 Å². The molecule has 0 atom stereocenters. The van der Waals surface area contributed by atoms with Crippen molar-refractivity contribution in [2.24, 2.45) is 0 Å². The summed E-state index contributed by atoms with van der Waals surface area (Å²) < 4.78 is 12.4. The van der Waals surface area contributed by atoms with Gasteiger partial charge in [-0.1, -0.05) is 127 Å². The second-order valence-electron chi connectivity index (χ2n) is 17.3. The van der Waals surface area contributed by atoms with Crippen LogP contribution in [0.3, 0.4) is 0 Å². The number of hydrogen-bond donors (Lipinski definition) is 0. The maximum atomic E-state index is 2.51. The first-order chi connectivity index (χ1) is 32.3. The largest absolute Gasteiger partial charge is 0.309 e. The van der Waals surface area contributed by atoms with Gasteiger partial charge in [-0.25, -0.2) is 0 Å². The number of para-hydroxylation sites is 6. The van der Waals surface area contributed by atoms with Crippen LogP contribution in [-0.2, 0) is 0 Å². The highest BCUT2D eigenvalue weighted by Gasteiger charge is 2.23. The minimum atomic E-state index is 1.14. The first-order valence-electron chi connectivity index (χ1n) is 22.3. The Morgan fingerprint density at radius 1 is 0.246 bits per heavy atom. The average Bonchev–Trinajstić information content (AvgIpc) is 4.17. The minimum absolute atomic E-state index is 1.14. The van der Waals surface area contributed by atoms with Gasteiger partial charge in [0.05, 0.1) is 60.2 Å².